The number of nitrogens with zero attached hydrogens (tertiary/aromatic N) is 1. The monoisotopic (exact) mass is 423 g/mol. The zero-order valence-corrected chi connectivity index (χ0v) is 18.0. The highest BCUT2D eigenvalue weighted by Gasteiger charge is 2.24. The molecule has 3 aromatic rings. The first kappa shape index (κ1) is 20.5. The van der Waals surface area contributed by atoms with Gasteiger partial charge in [0, 0.05) is 39.4 Å². The number of nitrogens with one attached hydrogen (secondary N) is 2. The van der Waals surface area contributed by atoms with Crippen LogP contribution in [-0.4, -0.2) is 30.1 Å². The van der Waals surface area contributed by atoms with Gasteiger partial charge in [0.25, 0.3) is 5.91 Å². The molecule has 1 heterocycles. The van der Waals surface area contributed by atoms with Gasteiger partial charge in [-0.2, -0.15) is 0 Å². The Morgan fingerprint density at radius 3 is 2.63 bits per heavy atom. The standard InChI is InChI=1S/C24H26ClN3O2/c1-15-12-23(21-13-17(25)8-11-22(21)26-15)27-18-4-3-5-19(14-18)28-24(29)16-6-9-20(30-2)10-7-16/h6-13,18-19H,3-5,14H2,1-2H3,(H,26,27)(H,28,29)/t18-,19+/m0/s1. The van der Waals surface area contributed by atoms with Crippen molar-refractivity contribution in [3.05, 3.63) is 64.8 Å². The minimum absolute atomic E-state index is 0.0414. The number of ether oxygens (including phenoxy) is 1. The minimum Gasteiger partial charge on any atom is -0.497 e. The van der Waals surface area contributed by atoms with Gasteiger partial charge in [-0.15, -0.1) is 0 Å². The smallest absolute Gasteiger partial charge is 0.251 e. The van der Waals surface area contributed by atoms with Gasteiger partial charge in [0.15, 0.2) is 0 Å². The summed E-state index contributed by atoms with van der Waals surface area (Å²) in [5, 5.41) is 8.60. The summed E-state index contributed by atoms with van der Waals surface area (Å²) in [4.78, 5) is 17.2. The number of aromatic nitrogens is 1. The number of carbonyl (C=O) groups excluding carboxylic acids is 1. The molecule has 1 aliphatic carbocycles. The first-order valence-electron chi connectivity index (χ1n) is 10.3. The fourth-order valence-electron chi connectivity index (χ4n) is 4.13. The fraction of sp³-hybridized carbons (Fsp3) is 0.333. The lowest BCUT2D eigenvalue weighted by Crippen LogP contribution is -2.41. The molecule has 0 saturated heterocycles. The van der Waals surface area contributed by atoms with Crippen LogP contribution in [0.5, 0.6) is 5.75 Å². The molecule has 0 radical (unpaired) electrons. The zero-order valence-electron chi connectivity index (χ0n) is 17.2. The highest BCUT2D eigenvalue weighted by atomic mass is 35.5. The Hall–Kier alpha value is -2.79. The van der Waals surface area contributed by atoms with Crippen molar-refractivity contribution in [3.8, 4) is 5.75 Å². The SMILES string of the molecule is COc1ccc(C(=O)N[C@@H]2CCC[C@H](Nc3cc(C)nc4ccc(Cl)cc34)C2)cc1. The molecule has 2 aromatic carbocycles. The zero-order chi connectivity index (χ0) is 21.1. The first-order chi connectivity index (χ1) is 14.5. The maximum atomic E-state index is 12.6. The van der Waals surface area contributed by atoms with E-state index in [0.29, 0.717) is 10.6 Å². The Bertz CT molecular complexity index is 1050. The third-order valence-corrected chi connectivity index (χ3v) is 5.86. The highest BCUT2D eigenvalue weighted by Crippen LogP contribution is 2.29. The molecule has 6 heteroatoms. The number of rotatable bonds is 5. The van der Waals surface area contributed by atoms with Crippen molar-refractivity contribution in [2.45, 2.75) is 44.7 Å². The van der Waals surface area contributed by atoms with Crippen LogP contribution in [0.4, 0.5) is 5.69 Å². The van der Waals surface area contributed by atoms with Crippen LogP contribution in [-0.2, 0) is 0 Å². The average Bonchev–Trinajstić information content (AvgIpc) is 2.74. The molecule has 0 spiro atoms. The summed E-state index contributed by atoms with van der Waals surface area (Å²) in [5.74, 6) is 0.703. The van der Waals surface area contributed by atoms with Crippen LogP contribution in [0.2, 0.25) is 5.02 Å². The summed E-state index contributed by atoms with van der Waals surface area (Å²) in [7, 11) is 1.62. The van der Waals surface area contributed by atoms with Crippen molar-refractivity contribution in [1.29, 1.82) is 0 Å². The van der Waals surface area contributed by atoms with Crippen LogP contribution in [0.1, 0.15) is 41.7 Å². The molecule has 4 rings (SSSR count). The quantitative estimate of drug-likeness (QED) is 0.580. The number of hydrogen-bond acceptors (Lipinski definition) is 4. The van der Waals surface area contributed by atoms with Gasteiger partial charge in [-0.05, 0) is 81.1 Å². The van der Waals surface area contributed by atoms with Crippen LogP contribution < -0.4 is 15.4 Å². The number of benzene rings is 2. The largest absolute Gasteiger partial charge is 0.497 e. The maximum absolute atomic E-state index is 12.6. The molecule has 1 aliphatic rings. The van der Waals surface area contributed by atoms with E-state index in [-0.39, 0.29) is 18.0 Å². The topological polar surface area (TPSA) is 63.2 Å². The summed E-state index contributed by atoms with van der Waals surface area (Å²) in [6, 6.07) is 15.5. The lowest BCUT2D eigenvalue weighted by Gasteiger charge is -2.31. The average molecular weight is 424 g/mol. The second kappa shape index (κ2) is 8.92. The van der Waals surface area contributed by atoms with Gasteiger partial charge >= 0.3 is 0 Å². The summed E-state index contributed by atoms with van der Waals surface area (Å²) < 4.78 is 5.16. The van der Waals surface area contributed by atoms with Crippen molar-refractivity contribution in [2.24, 2.45) is 0 Å². The van der Waals surface area contributed by atoms with Crippen LogP contribution in [0.3, 0.4) is 0 Å². The molecule has 2 atom stereocenters. The Kier molecular flexibility index (Phi) is 6.09. The second-order valence-corrected chi connectivity index (χ2v) is 8.32. The molecule has 0 bridgehead atoms. The van der Waals surface area contributed by atoms with E-state index in [9.17, 15) is 4.79 Å². The molecule has 5 nitrogen and oxygen atoms in total. The molecule has 1 saturated carbocycles. The van der Waals surface area contributed by atoms with E-state index in [4.69, 9.17) is 16.3 Å². The van der Waals surface area contributed by atoms with Crippen molar-refractivity contribution in [3.63, 3.8) is 0 Å². The Morgan fingerprint density at radius 1 is 1.10 bits per heavy atom. The number of carbonyl (C=O) groups is 1. The number of pyridine rings is 1. The summed E-state index contributed by atoms with van der Waals surface area (Å²) >= 11 is 6.22. The Morgan fingerprint density at radius 2 is 1.87 bits per heavy atom. The van der Waals surface area contributed by atoms with Gasteiger partial charge < -0.3 is 15.4 Å². The summed E-state index contributed by atoms with van der Waals surface area (Å²) in [5.41, 5.74) is 3.60. The van der Waals surface area contributed by atoms with Gasteiger partial charge in [-0.3, -0.25) is 9.78 Å². The number of anilines is 1. The number of methoxy groups -OCH3 is 1. The van der Waals surface area contributed by atoms with Crippen LogP contribution in [0.15, 0.2) is 48.5 Å². The number of aryl methyl sites for hydroxylation is 1. The molecular formula is C24H26ClN3O2. The predicted octanol–water partition coefficient (Wildman–Crippen LogP) is 5.36. The number of halogens is 1. The summed E-state index contributed by atoms with van der Waals surface area (Å²) in [6.45, 7) is 2.00. The molecule has 1 amide bonds. The molecule has 1 aromatic heterocycles. The number of hydrogen-bond donors (Lipinski definition) is 2. The molecule has 156 valence electrons. The Balaban J connectivity index is 1.45. The van der Waals surface area contributed by atoms with Gasteiger partial charge in [0.1, 0.15) is 5.75 Å². The first-order valence-corrected chi connectivity index (χ1v) is 10.7. The Labute approximate surface area is 181 Å². The maximum Gasteiger partial charge on any atom is 0.251 e. The lowest BCUT2D eigenvalue weighted by atomic mass is 9.90. The van der Waals surface area contributed by atoms with Crippen LogP contribution in [0, 0.1) is 6.92 Å². The van der Waals surface area contributed by atoms with Crippen LogP contribution >= 0.6 is 11.6 Å². The van der Waals surface area contributed by atoms with Crippen molar-refractivity contribution < 1.29 is 9.53 Å². The highest BCUT2D eigenvalue weighted by molar-refractivity contribution is 6.31. The number of fused-ring (bicyclic) bond motifs is 1. The van der Waals surface area contributed by atoms with E-state index in [1.165, 1.54) is 0 Å². The molecular weight excluding hydrogens is 398 g/mol. The molecule has 1 fully saturated rings. The third kappa shape index (κ3) is 4.68. The van der Waals surface area contributed by atoms with E-state index < -0.39 is 0 Å². The molecule has 0 aliphatic heterocycles. The van der Waals surface area contributed by atoms with E-state index in [0.717, 1.165) is 53.7 Å². The van der Waals surface area contributed by atoms with E-state index >= 15 is 0 Å². The van der Waals surface area contributed by atoms with Crippen molar-refractivity contribution in [2.75, 3.05) is 12.4 Å². The van der Waals surface area contributed by atoms with Gasteiger partial charge in [-0.25, -0.2) is 0 Å². The molecule has 2 N–H and O–H groups in total. The fourth-order valence-corrected chi connectivity index (χ4v) is 4.30. The van der Waals surface area contributed by atoms with Crippen LogP contribution in [0.25, 0.3) is 10.9 Å². The molecule has 30 heavy (non-hydrogen) atoms. The third-order valence-electron chi connectivity index (χ3n) is 5.62. The summed E-state index contributed by atoms with van der Waals surface area (Å²) in [6.07, 6.45) is 4.00. The molecule has 0 unspecified atom stereocenters. The number of amides is 1. The minimum atomic E-state index is -0.0414. The predicted molar refractivity (Wildman–Crippen MR) is 122 cm³/mol. The van der Waals surface area contributed by atoms with Crippen molar-refractivity contribution >= 4 is 34.1 Å². The lowest BCUT2D eigenvalue weighted by molar-refractivity contribution is 0.0926. The normalized spacial score (nSPS) is 18.8. The van der Waals surface area contributed by atoms with E-state index in [1.807, 2.05) is 37.3 Å². The van der Waals surface area contributed by atoms with Gasteiger partial charge in [0.05, 0.1) is 12.6 Å². The van der Waals surface area contributed by atoms with Crippen molar-refractivity contribution in [1.82, 2.24) is 10.3 Å². The van der Waals surface area contributed by atoms with Gasteiger partial charge in [0.2, 0.25) is 0 Å². The van der Waals surface area contributed by atoms with E-state index in [2.05, 4.69) is 21.7 Å². The van der Waals surface area contributed by atoms with E-state index in [1.54, 1.807) is 19.2 Å². The second-order valence-electron chi connectivity index (χ2n) is 7.88. The van der Waals surface area contributed by atoms with Gasteiger partial charge in [-0.1, -0.05) is 11.6 Å².